The van der Waals surface area contributed by atoms with Crippen molar-refractivity contribution >= 4 is 17.5 Å². The second-order valence-electron chi connectivity index (χ2n) is 6.28. The molecule has 3 aromatic rings. The van der Waals surface area contributed by atoms with Crippen molar-refractivity contribution in [1.29, 1.82) is 0 Å². The van der Waals surface area contributed by atoms with Crippen LogP contribution in [0.4, 0.5) is 30.6 Å². The largest absolute Gasteiger partial charge is 0.421 e. The number of hydrogen-bond acceptors (Lipinski definition) is 6. The standard InChI is InChI=1S/C16H17F3N8/c1-9-13(7-23-27(9)11-5-10-3-4-22-26(10)8-11)24-15-21-6-12(16(17,18)19)14(20-2)25-15/h3-4,6-7,11H,5,8H2,1-2H3,(H2,20,21,24,25). The molecule has 1 aliphatic heterocycles. The minimum atomic E-state index is -4.52. The van der Waals surface area contributed by atoms with Gasteiger partial charge in [0.15, 0.2) is 0 Å². The number of nitrogens with one attached hydrogen (secondary N) is 2. The van der Waals surface area contributed by atoms with E-state index in [-0.39, 0.29) is 17.8 Å². The summed E-state index contributed by atoms with van der Waals surface area (Å²) >= 11 is 0. The fraction of sp³-hybridized carbons (Fsp3) is 0.375. The summed E-state index contributed by atoms with van der Waals surface area (Å²) in [6.45, 7) is 2.62. The van der Waals surface area contributed by atoms with E-state index >= 15 is 0 Å². The summed E-state index contributed by atoms with van der Waals surface area (Å²) in [5.74, 6) is -0.222. The Morgan fingerprint density at radius 1 is 1.22 bits per heavy atom. The summed E-state index contributed by atoms with van der Waals surface area (Å²) in [5, 5.41) is 14.1. The molecule has 1 unspecified atom stereocenters. The van der Waals surface area contributed by atoms with Gasteiger partial charge in [0.05, 0.1) is 30.2 Å². The van der Waals surface area contributed by atoms with Crippen LogP contribution in [0.15, 0.2) is 24.7 Å². The number of aromatic nitrogens is 6. The van der Waals surface area contributed by atoms with E-state index in [9.17, 15) is 13.2 Å². The highest BCUT2D eigenvalue weighted by Gasteiger charge is 2.35. The zero-order valence-corrected chi connectivity index (χ0v) is 14.6. The van der Waals surface area contributed by atoms with Crippen molar-refractivity contribution in [1.82, 2.24) is 29.5 Å². The van der Waals surface area contributed by atoms with Crippen LogP contribution in [0.3, 0.4) is 0 Å². The van der Waals surface area contributed by atoms with Gasteiger partial charge in [0, 0.05) is 31.6 Å². The maximum absolute atomic E-state index is 13.0. The summed E-state index contributed by atoms with van der Waals surface area (Å²) in [4.78, 5) is 7.71. The van der Waals surface area contributed by atoms with E-state index in [1.54, 1.807) is 12.4 Å². The van der Waals surface area contributed by atoms with Crippen molar-refractivity contribution in [2.45, 2.75) is 32.1 Å². The number of alkyl halides is 3. The Bertz CT molecular complexity index is 954. The van der Waals surface area contributed by atoms with Gasteiger partial charge in [0.1, 0.15) is 11.4 Å². The smallest absolute Gasteiger partial charge is 0.372 e. The SMILES string of the molecule is CNc1nc(Nc2cnn(C3Cc4ccnn4C3)c2C)ncc1C(F)(F)F. The van der Waals surface area contributed by atoms with E-state index in [1.165, 1.54) is 7.05 Å². The fourth-order valence-corrected chi connectivity index (χ4v) is 3.24. The number of hydrogen-bond donors (Lipinski definition) is 2. The number of nitrogens with zero attached hydrogens (tertiary/aromatic N) is 6. The molecule has 1 aliphatic rings. The molecule has 11 heteroatoms. The summed E-state index contributed by atoms with van der Waals surface area (Å²) in [6, 6.07) is 2.12. The molecular formula is C16H17F3N8. The third kappa shape index (κ3) is 3.09. The van der Waals surface area contributed by atoms with Crippen LogP contribution in [0.1, 0.15) is 23.0 Å². The molecule has 4 heterocycles. The average molecular weight is 378 g/mol. The molecule has 2 N–H and O–H groups in total. The van der Waals surface area contributed by atoms with Crippen molar-refractivity contribution in [2.24, 2.45) is 0 Å². The van der Waals surface area contributed by atoms with Crippen LogP contribution >= 0.6 is 0 Å². The van der Waals surface area contributed by atoms with Gasteiger partial charge in [0.25, 0.3) is 0 Å². The van der Waals surface area contributed by atoms with Gasteiger partial charge in [-0.3, -0.25) is 9.36 Å². The quantitative estimate of drug-likeness (QED) is 0.726. The maximum Gasteiger partial charge on any atom is 0.421 e. The van der Waals surface area contributed by atoms with Gasteiger partial charge in [-0.2, -0.15) is 28.4 Å². The van der Waals surface area contributed by atoms with Crippen LogP contribution in [0.2, 0.25) is 0 Å². The molecule has 142 valence electrons. The van der Waals surface area contributed by atoms with Gasteiger partial charge in [-0.1, -0.05) is 0 Å². The number of anilines is 3. The molecular weight excluding hydrogens is 361 g/mol. The first kappa shape index (κ1) is 17.3. The lowest BCUT2D eigenvalue weighted by Gasteiger charge is -2.14. The second kappa shape index (κ2) is 6.25. The Morgan fingerprint density at radius 3 is 2.74 bits per heavy atom. The van der Waals surface area contributed by atoms with Gasteiger partial charge in [0.2, 0.25) is 5.95 Å². The molecule has 0 aliphatic carbocycles. The lowest BCUT2D eigenvalue weighted by Crippen LogP contribution is -2.14. The third-order valence-corrected chi connectivity index (χ3v) is 4.60. The van der Waals surface area contributed by atoms with Crippen molar-refractivity contribution < 1.29 is 13.2 Å². The first-order valence-electron chi connectivity index (χ1n) is 8.30. The molecule has 0 saturated carbocycles. The molecule has 0 bridgehead atoms. The van der Waals surface area contributed by atoms with E-state index in [0.29, 0.717) is 5.69 Å². The zero-order valence-electron chi connectivity index (χ0n) is 14.6. The Morgan fingerprint density at radius 2 is 2.04 bits per heavy atom. The van der Waals surface area contributed by atoms with Crippen LogP contribution in [-0.4, -0.2) is 36.6 Å². The Hall–Kier alpha value is -3.11. The van der Waals surface area contributed by atoms with Crippen molar-refractivity contribution in [2.75, 3.05) is 17.7 Å². The molecule has 0 fully saturated rings. The normalized spacial score (nSPS) is 16.4. The highest BCUT2D eigenvalue weighted by atomic mass is 19.4. The van der Waals surface area contributed by atoms with Gasteiger partial charge < -0.3 is 10.6 Å². The molecule has 27 heavy (non-hydrogen) atoms. The van der Waals surface area contributed by atoms with Crippen molar-refractivity contribution in [3.63, 3.8) is 0 Å². The van der Waals surface area contributed by atoms with Gasteiger partial charge in [-0.25, -0.2) is 4.98 Å². The lowest BCUT2D eigenvalue weighted by atomic mass is 10.2. The molecule has 0 aromatic carbocycles. The van der Waals surface area contributed by atoms with E-state index in [2.05, 4.69) is 30.8 Å². The predicted octanol–water partition coefficient (Wildman–Crippen LogP) is 2.78. The summed E-state index contributed by atoms with van der Waals surface area (Å²) in [5.41, 5.74) is 1.72. The van der Waals surface area contributed by atoms with E-state index in [1.807, 2.05) is 22.4 Å². The first-order valence-corrected chi connectivity index (χ1v) is 8.30. The molecule has 3 aromatic heterocycles. The monoisotopic (exact) mass is 378 g/mol. The predicted molar refractivity (Wildman–Crippen MR) is 91.8 cm³/mol. The molecule has 0 saturated heterocycles. The van der Waals surface area contributed by atoms with Gasteiger partial charge in [-0.05, 0) is 13.0 Å². The van der Waals surface area contributed by atoms with E-state index < -0.39 is 11.7 Å². The molecule has 4 rings (SSSR count). The van der Waals surface area contributed by atoms with E-state index in [0.717, 1.165) is 30.6 Å². The molecule has 0 amide bonds. The minimum absolute atomic E-state index is 0.0642. The Balaban J connectivity index is 1.56. The van der Waals surface area contributed by atoms with Crippen LogP contribution in [-0.2, 0) is 19.1 Å². The molecule has 8 nitrogen and oxygen atoms in total. The zero-order chi connectivity index (χ0) is 19.2. The fourth-order valence-electron chi connectivity index (χ4n) is 3.24. The summed E-state index contributed by atoms with van der Waals surface area (Å²) in [7, 11) is 1.38. The van der Waals surface area contributed by atoms with Gasteiger partial charge in [-0.15, -0.1) is 0 Å². The van der Waals surface area contributed by atoms with Crippen LogP contribution < -0.4 is 10.6 Å². The second-order valence-corrected chi connectivity index (χ2v) is 6.28. The van der Waals surface area contributed by atoms with Gasteiger partial charge >= 0.3 is 6.18 Å². The van der Waals surface area contributed by atoms with Crippen LogP contribution in [0.25, 0.3) is 0 Å². The Kier molecular flexibility index (Phi) is 4.01. The van der Waals surface area contributed by atoms with Crippen LogP contribution in [0.5, 0.6) is 0 Å². The number of rotatable bonds is 4. The molecule has 1 atom stereocenters. The first-order chi connectivity index (χ1) is 12.9. The highest BCUT2D eigenvalue weighted by molar-refractivity contribution is 5.58. The molecule has 0 radical (unpaired) electrons. The molecule has 0 spiro atoms. The lowest BCUT2D eigenvalue weighted by molar-refractivity contribution is -0.137. The average Bonchev–Trinajstić information content (AvgIpc) is 3.29. The topological polar surface area (TPSA) is 85.5 Å². The Labute approximate surface area is 152 Å². The minimum Gasteiger partial charge on any atom is -0.372 e. The van der Waals surface area contributed by atoms with Crippen molar-refractivity contribution in [3.05, 3.63) is 41.6 Å². The summed E-state index contributed by atoms with van der Waals surface area (Å²) < 4.78 is 42.7. The van der Waals surface area contributed by atoms with Crippen molar-refractivity contribution in [3.8, 4) is 0 Å². The highest BCUT2D eigenvalue weighted by Crippen LogP contribution is 2.34. The van der Waals surface area contributed by atoms with Crippen LogP contribution in [0, 0.1) is 6.92 Å². The van der Waals surface area contributed by atoms with E-state index in [4.69, 9.17) is 0 Å². The summed E-state index contributed by atoms with van der Waals surface area (Å²) in [6.07, 6.45) is 0.455. The number of fused-ring (bicyclic) bond motifs is 1. The maximum atomic E-state index is 13.0. The number of halogens is 3. The third-order valence-electron chi connectivity index (χ3n) is 4.60.